The Labute approximate surface area is 126 Å². The highest BCUT2D eigenvalue weighted by Crippen LogP contribution is 2.40. The Kier molecular flexibility index (Phi) is 3.68. The second-order valence-electron chi connectivity index (χ2n) is 4.67. The van der Waals surface area contributed by atoms with Crippen molar-refractivity contribution in [2.45, 2.75) is 5.79 Å². The first-order valence-electron chi connectivity index (χ1n) is 6.50. The average Bonchev–Trinajstić information content (AvgIpc) is 2.98. The maximum atomic E-state index is 11.5. The molecule has 1 saturated heterocycles. The molecule has 0 aliphatic carbocycles. The highest BCUT2D eigenvalue weighted by atomic mass is 35.5. The highest BCUT2D eigenvalue weighted by Gasteiger charge is 2.43. The number of halogens is 1. The maximum Gasteiger partial charge on any atom is 0.336 e. The van der Waals surface area contributed by atoms with Gasteiger partial charge in [-0.2, -0.15) is 0 Å². The molecule has 0 unspecified atom stereocenters. The minimum atomic E-state index is -1.19. The summed E-state index contributed by atoms with van der Waals surface area (Å²) in [5.74, 6) is -2.26. The van der Waals surface area contributed by atoms with E-state index in [4.69, 9.17) is 21.1 Å². The number of carbonyl (C=O) groups is 1. The summed E-state index contributed by atoms with van der Waals surface area (Å²) >= 11 is 5.91. The number of hydrogen-bond acceptors (Lipinski definition) is 3. The van der Waals surface area contributed by atoms with Crippen molar-refractivity contribution in [1.29, 1.82) is 0 Å². The lowest BCUT2D eigenvalue weighted by atomic mass is 9.93. The van der Waals surface area contributed by atoms with E-state index in [1.165, 1.54) is 6.07 Å². The summed E-state index contributed by atoms with van der Waals surface area (Å²) in [5.41, 5.74) is 1.28. The molecule has 1 aliphatic heterocycles. The summed E-state index contributed by atoms with van der Waals surface area (Å²) in [5, 5.41) is 9.80. The van der Waals surface area contributed by atoms with Crippen LogP contribution in [0.4, 0.5) is 0 Å². The molecule has 0 bridgehead atoms. The molecule has 1 heterocycles. The van der Waals surface area contributed by atoms with Crippen molar-refractivity contribution in [1.82, 2.24) is 0 Å². The number of ether oxygens (including phenoxy) is 2. The molecule has 0 aromatic heterocycles. The maximum absolute atomic E-state index is 11.5. The predicted molar refractivity (Wildman–Crippen MR) is 77.5 cm³/mol. The lowest BCUT2D eigenvalue weighted by Crippen LogP contribution is -2.31. The predicted octanol–water partition coefficient (Wildman–Crippen LogP) is 3.29. The standard InChI is InChI=1S/C16H13ClO4/c17-12-6-7-14(13(10-12)15(18)19)16(20-8-9-21-16)11-4-2-1-3-5-11/h1-7,10H,8-9H2,(H,18,19). The third-order valence-electron chi connectivity index (χ3n) is 3.41. The van der Waals surface area contributed by atoms with Crippen molar-refractivity contribution in [3.63, 3.8) is 0 Å². The fourth-order valence-electron chi connectivity index (χ4n) is 2.53. The molecule has 21 heavy (non-hydrogen) atoms. The van der Waals surface area contributed by atoms with E-state index < -0.39 is 11.8 Å². The number of carboxylic acid groups (broad SMARTS) is 1. The van der Waals surface area contributed by atoms with Crippen LogP contribution < -0.4 is 0 Å². The van der Waals surface area contributed by atoms with Crippen molar-refractivity contribution in [2.24, 2.45) is 0 Å². The van der Waals surface area contributed by atoms with Gasteiger partial charge in [-0.1, -0.05) is 48.0 Å². The molecule has 0 atom stereocenters. The van der Waals surface area contributed by atoms with Gasteiger partial charge in [0, 0.05) is 16.1 Å². The second kappa shape index (κ2) is 5.48. The fraction of sp³-hybridized carbons (Fsp3) is 0.188. The van der Waals surface area contributed by atoms with Crippen molar-refractivity contribution in [2.75, 3.05) is 13.2 Å². The smallest absolute Gasteiger partial charge is 0.336 e. The molecule has 0 spiro atoms. The van der Waals surface area contributed by atoms with Crippen molar-refractivity contribution < 1.29 is 19.4 Å². The van der Waals surface area contributed by atoms with Crippen LogP contribution in [0.15, 0.2) is 48.5 Å². The Morgan fingerprint density at radius 3 is 2.38 bits per heavy atom. The van der Waals surface area contributed by atoms with Crippen LogP contribution in [0.5, 0.6) is 0 Å². The Bertz CT molecular complexity index is 663. The van der Waals surface area contributed by atoms with Gasteiger partial charge < -0.3 is 14.6 Å². The SMILES string of the molecule is O=C(O)c1cc(Cl)ccc1C1(c2ccccc2)OCCO1. The summed E-state index contributed by atoms with van der Waals surface area (Å²) in [6.07, 6.45) is 0. The zero-order chi connectivity index (χ0) is 14.9. The minimum Gasteiger partial charge on any atom is -0.478 e. The lowest BCUT2D eigenvalue weighted by Gasteiger charge is -2.29. The molecule has 2 aromatic carbocycles. The first kappa shape index (κ1) is 14.1. The van der Waals surface area contributed by atoms with E-state index in [-0.39, 0.29) is 5.56 Å². The zero-order valence-corrected chi connectivity index (χ0v) is 11.8. The summed E-state index contributed by atoms with van der Waals surface area (Å²) in [7, 11) is 0. The molecule has 0 saturated carbocycles. The Balaban J connectivity index is 2.22. The molecular weight excluding hydrogens is 292 g/mol. The quantitative estimate of drug-likeness (QED) is 0.945. The number of aromatic carboxylic acids is 1. The zero-order valence-electron chi connectivity index (χ0n) is 11.1. The van der Waals surface area contributed by atoms with E-state index in [1.807, 2.05) is 30.3 Å². The van der Waals surface area contributed by atoms with Gasteiger partial charge in [0.2, 0.25) is 5.79 Å². The summed E-state index contributed by atoms with van der Waals surface area (Å²) < 4.78 is 11.6. The summed E-state index contributed by atoms with van der Waals surface area (Å²) in [4.78, 5) is 11.5. The fourth-order valence-corrected chi connectivity index (χ4v) is 2.70. The van der Waals surface area contributed by atoms with Gasteiger partial charge in [0.05, 0.1) is 18.8 Å². The molecule has 108 valence electrons. The molecule has 0 radical (unpaired) electrons. The number of carboxylic acids is 1. The molecular formula is C16H13ClO4. The third kappa shape index (κ3) is 2.42. The van der Waals surface area contributed by atoms with Gasteiger partial charge in [0.1, 0.15) is 0 Å². The van der Waals surface area contributed by atoms with E-state index in [9.17, 15) is 9.90 Å². The summed E-state index contributed by atoms with van der Waals surface area (Å²) in [6.45, 7) is 0.799. The van der Waals surface area contributed by atoms with Crippen molar-refractivity contribution in [3.8, 4) is 0 Å². The number of hydrogen-bond donors (Lipinski definition) is 1. The van der Waals surface area contributed by atoms with E-state index in [2.05, 4.69) is 0 Å². The van der Waals surface area contributed by atoms with Crippen LogP contribution in [-0.2, 0) is 15.3 Å². The molecule has 5 heteroatoms. The molecule has 2 aromatic rings. The van der Waals surface area contributed by atoms with E-state index in [0.29, 0.717) is 23.8 Å². The number of benzene rings is 2. The largest absolute Gasteiger partial charge is 0.478 e. The van der Waals surface area contributed by atoms with E-state index >= 15 is 0 Å². The normalized spacial score (nSPS) is 16.8. The topological polar surface area (TPSA) is 55.8 Å². The van der Waals surface area contributed by atoms with Gasteiger partial charge in [0.15, 0.2) is 0 Å². The van der Waals surface area contributed by atoms with Crippen LogP contribution in [0.2, 0.25) is 5.02 Å². The van der Waals surface area contributed by atoms with Crippen molar-refractivity contribution >= 4 is 17.6 Å². The monoisotopic (exact) mass is 304 g/mol. The van der Waals surface area contributed by atoms with Crippen LogP contribution >= 0.6 is 11.6 Å². The molecule has 1 N–H and O–H groups in total. The van der Waals surface area contributed by atoms with Crippen molar-refractivity contribution in [3.05, 3.63) is 70.2 Å². The van der Waals surface area contributed by atoms with Crippen LogP contribution in [0.1, 0.15) is 21.5 Å². The van der Waals surface area contributed by atoms with Gasteiger partial charge in [-0.15, -0.1) is 0 Å². The lowest BCUT2D eigenvalue weighted by molar-refractivity contribution is -0.130. The van der Waals surface area contributed by atoms with E-state index in [0.717, 1.165) is 5.56 Å². The first-order valence-corrected chi connectivity index (χ1v) is 6.88. The van der Waals surface area contributed by atoms with Crippen LogP contribution in [0.25, 0.3) is 0 Å². The number of rotatable bonds is 3. The van der Waals surface area contributed by atoms with Gasteiger partial charge in [-0.25, -0.2) is 4.79 Å². The molecule has 1 fully saturated rings. The second-order valence-corrected chi connectivity index (χ2v) is 5.11. The average molecular weight is 305 g/mol. The summed E-state index contributed by atoms with van der Waals surface area (Å²) in [6, 6.07) is 14.0. The van der Waals surface area contributed by atoms with E-state index in [1.54, 1.807) is 12.1 Å². The molecule has 1 aliphatic rings. The molecule has 4 nitrogen and oxygen atoms in total. The Morgan fingerprint density at radius 2 is 1.76 bits per heavy atom. The highest BCUT2D eigenvalue weighted by molar-refractivity contribution is 6.31. The third-order valence-corrected chi connectivity index (χ3v) is 3.65. The molecule has 3 rings (SSSR count). The minimum absolute atomic E-state index is 0.0771. The van der Waals surface area contributed by atoms with Gasteiger partial charge >= 0.3 is 5.97 Å². The van der Waals surface area contributed by atoms with Crippen LogP contribution in [-0.4, -0.2) is 24.3 Å². The van der Waals surface area contributed by atoms with Gasteiger partial charge in [0.25, 0.3) is 0 Å². The van der Waals surface area contributed by atoms with Crippen LogP contribution in [0, 0.1) is 0 Å². The van der Waals surface area contributed by atoms with Crippen LogP contribution in [0.3, 0.4) is 0 Å². The molecule has 0 amide bonds. The van der Waals surface area contributed by atoms with Gasteiger partial charge in [-0.05, 0) is 12.1 Å². The Hall–Kier alpha value is -1.88. The van der Waals surface area contributed by atoms with Gasteiger partial charge in [-0.3, -0.25) is 0 Å². The Morgan fingerprint density at radius 1 is 1.10 bits per heavy atom. The first-order chi connectivity index (χ1) is 10.1.